The molecule has 4 nitrogen and oxygen atoms in total. The molecule has 2 N–H and O–H groups in total. The van der Waals surface area contributed by atoms with Crippen molar-refractivity contribution in [2.24, 2.45) is 5.92 Å². The second kappa shape index (κ2) is 4.77. The summed E-state index contributed by atoms with van der Waals surface area (Å²) in [5, 5.41) is 8.75. The molecule has 0 saturated heterocycles. The summed E-state index contributed by atoms with van der Waals surface area (Å²) >= 11 is 5.61. The van der Waals surface area contributed by atoms with Gasteiger partial charge in [-0.05, 0) is 24.5 Å². The Morgan fingerprint density at radius 1 is 1.56 bits per heavy atom. The molecule has 100 valence electrons. The molecule has 0 aliphatic heterocycles. The summed E-state index contributed by atoms with van der Waals surface area (Å²) in [7, 11) is -3.76. The van der Waals surface area contributed by atoms with Crippen LogP contribution in [-0.2, 0) is 16.6 Å². The molecule has 1 saturated carbocycles. The van der Waals surface area contributed by atoms with Crippen LogP contribution in [0.15, 0.2) is 17.0 Å². The van der Waals surface area contributed by atoms with Crippen molar-refractivity contribution in [3.8, 4) is 0 Å². The maximum absolute atomic E-state index is 13.5. The molecule has 1 aliphatic carbocycles. The first-order chi connectivity index (χ1) is 8.35. The number of hydrogen-bond donors (Lipinski definition) is 2. The third kappa shape index (κ3) is 2.66. The van der Waals surface area contributed by atoms with Gasteiger partial charge in [0.15, 0.2) is 0 Å². The molecule has 0 aromatic heterocycles. The topological polar surface area (TPSA) is 66.4 Å². The van der Waals surface area contributed by atoms with Gasteiger partial charge in [0.05, 0.1) is 16.5 Å². The van der Waals surface area contributed by atoms with E-state index in [1.54, 1.807) is 0 Å². The van der Waals surface area contributed by atoms with E-state index in [-0.39, 0.29) is 21.5 Å². The average molecular weight is 294 g/mol. The number of nitrogens with one attached hydrogen (secondary N) is 1. The van der Waals surface area contributed by atoms with Gasteiger partial charge < -0.3 is 5.11 Å². The van der Waals surface area contributed by atoms with Crippen LogP contribution in [-0.4, -0.2) is 19.6 Å². The van der Waals surface area contributed by atoms with Crippen molar-refractivity contribution < 1.29 is 17.9 Å². The minimum absolute atomic E-state index is 0.0564. The van der Waals surface area contributed by atoms with Crippen LogP contribution in [0.25, 0.3) is 0 Å². The van der Waals surface area contributed by atoms with Crippen LogP contribution in [0.4, 0.5) is 4.39 Å². The lowest BCUT2D eigenvalue weighted by Crippen LogP contribution is -2.27. The van der Waals surface area contributed by atoms with Gasteiger partial charge in [-0.1, -0.05) is 18.5 Å². The lowest BCUT2D eigenvalue weighted by Gasteiger charge is -2.09. The quantitative estimate of drug-likeness (QED) is 0.887. The lowest BCUT2D eigenvalue weighted by atomic mass is 10.2. The number of rotatable bonds is 4. The fourth-order valence-corrected chi connectivity index (χ4v) is 3.23. The van der Waals surface area contributed by atoms with Crippen LogP contribution in [0, 0.1) is 11.7 Å². The van der Waals surface area contributed by atoms with E-state index >= 15 is 0 Å². The van der Waals surface area contributed by atoms with Crippen molar-refractivity contribution in [3.05, 3.63) is 28.5 Å². The van der Waals surface area contributed by atoms with Crippen molar-refractivity contribution in [2.75, 3.05) is 0 Å². The fourth-order valence-electron chi connectivity index (χ4n) is 1.64. The molecule has 0 heterocycles. The van der Waals surface area contributed by atoms with Crippen molar-refractivity contribution >= 4 is 21.6 Å². The molecule has 0 bridgehead atoms. The van der Waals surface area contributed by atoms with E-state index in [0.29, 0.717) is 5.92 Å². The van der Waals surface area contributed by atoms with Gasteiger partial charge in [0.25, 0.3) is 0 Å². The Labute approximate surface area is 110 Å². The van der Waals surface area contributed by atoms with Crippen molar-refractivity contribution in [1.82, 2.24) is 4.72 Å². The van der Waals surface area contributed by atoms with E-state index in [2.05, 4.69) is 4.72 Å². The standard InChI is InChI=1S/C11H13ClFNO3S/c1-6-2-10(6)14-18(16,17)8-3-7(5-15)11(12)9(13)4-8/h3-4,6,10,14-15H,2,5H2,1H3. The molecular formula is C11H13ClFNO3S. The van der Waals surface area contributed by atoms with Gasteiger partial charge in [-0.3, -0.25) is 0 Å². The number of sulfonamides is 1. The van der Waals surface area contributed by atoms with Gasteiger partial charge >= 0.3 is 0 Å². The predicted molar refractivity (Wildman–Crippen MR) is 65.2 cm³/mol. The van der Waals surface area contributed by atoms with Crippen LogP contribution >= 0.6 is 11.6 Å². The first-order valence-electron chi connectivity index (χ1n) is 5.46. The number of hydrogen-bond acceptors (Lipinski definition) is 3. The first kappa shape index (κ1) is 13.7. The summed E-state index contributed by atoms with van der Waals surface area (Å²) in [6, 6.07) is 1.95. The van der Waals surface area contributed by atoms with E-state index < -0.39 is 22.4 Å². The monoisotopic (exact) mass is 293 g/mol. The number of aliphatic hydroxyl groups excluding tert-OH is 1. The van der Waals surface area contributed by atoms with Crippen LogP contribution in [0.3, 0.4) is 0 Å². The van der Waals surface area contributed by atoms with E-state index in [9.17, 15) is 12.8 Å². The zero-order valence-corrected chi connectivity index (χ0v) is 11.2. The molecule has 7 heteroatoms. The molecule has 1 aromatic carbocycles. The molecule has 2 rings (SSSR count). The smallest absolute Gasteiger partial charge is 0.240 e. The van der Waals surface area contributed by atoms with Crippen molar-refractivity contribution in [3.63, 3.8) is 0 Å². The molecule has 1 aromatic rings. The highest BCUT2D eigenvalue weighted by atomic mass is 35.5. The third-order valence-electron chi connectivity index (χ3n) is 2.97. The summed E-state index contributed by atoms with van der Waals surface area (Å²) in [6.07, 6.45) is 0.780. The number of aliphatic hydroxyl groups is 1. The molecule has 1 fully saturated rings. The molecule has 0 spiro atoms. The Morgan fingerprint density at radius 3 is 2.67 bits per heavy atom. The largest absolute Gasteiger partial charge is 0.392 e. The van der Waals surface area contributed by atoms with E-state index in [1.807, 2.05) is 6.92 Å². The SMILES string of the molecule is CC1CC1NS(=O)(=O)c1cc(F)c(Cl)c(CO)c1. The zero-order valence-electron chi connectivity index (χ0n) is 9.65. The first-order valence-corrected chi connectivity index (χ1v) is 7.32. The molecule has 0 radical (unpaired) electrons. The maximum atomic E-state index is 13.5. The Morgan fingerprint density at radius 2 is 2.17 bits per heavy atom. The third-order valence-corrected chi connectivity index (χ3v) is 4.87. The second-order valence-electron chi connectivity index (χ2n) is 4.48. The van der Waals surface area contributed by atoms with Gasteiger partial charge in [0, 0.05) is 11.6 Å². The van der Waals surface area contributed by atoms with E-state index in [4.69, 9.17) is 16.7 Å². The van der Waals surface area contributed by atoms with Crippen molar-refractivity contribution in [1.29, 1.82) is 0 Å². The Kier molecular flexibility index (Phi) is 3.64. The Bertz CT molecular complexity index is 576. The highest BCUT2D eigenvalue weighted by Crippen LogP contribution is 2.31. The molecule has 0 amide bonds. The maximum Gasteiger partial charge on any atom is 0.240 e. The predicted octanol–water partition coefficient (Wildman–Crippen LogP) is 1.66. The minimum atomic E-state index is -3.76. The van der Waals surface area contributed by atoms with Gasteiger partial charge in [-0.25, -0.2) is 17.5 Å². The van der Waals surface area contributed by atoms with Gasteiger partial charge in [-0.15, -0.1) is 0 Å². The zero-order chi connectivity index (χ0) is 13.5. The van der Waals surface area contributed by atoms with Crippen LogP contribution in [0.5, 0.6) is 0 Å². The highest BCUT2D eigenvalue weighted by molar-refractivity contribution is 7.89. The molecule has 2 unspecified atom stereocenters. The normalized spacial score (nSPS) is 23.1. The lowest BCUT2D eigenvalue weighted by molar-refractivity contribution is 0.281. The van der Waals surface area contributed by atoms with E-state index in [0.717, 1.165) is 12.5 Å². The van der Waals surface area contributed by atoms with Crippen LogP contribution in [0.2, 0.25) is 5.02 Å². The van der Waals surface area contributed by atoms with Crippen molar-refractivity contribution in [2.45, 2.75) is 30.9 Å². The summed E-state index contributed by atoms with van der Waals surface area (Å²) in [5.41, 5.74) is 0.0564. The van der Waals surface area contributed by atoms with Gasteiger partial charge in [0.1, 0.15) is 5.82 Å². The van der Waals surface area contributed by atoms with Crippen LogP contribution < -0.4 is 4.72 Å². The molecule has 2 atom stereocenters. The van der Waals surface area contributed by atoms with Gasteiger partial charge in [0.2, 0.25) is 10.0 Å². The minimum Gasteiger partial charge on any atom is -0.392 e. The summed E-state index contributed by atoms with van der Waals surface area (Å²) < 4.78 is 39.8. The summed E-state index contributed by atoms with van der Waals surface area (Å²) in [6.45, 7) is 1.41. The Hall–Kier alpha value is -0.690. The average Bonchev–Trinajstić information content (AvgIpc) is 2.96. The second-order valence-corrected chi connectivity index (χ2v) is 6.57. The Balaban J connectivity index is 2.35. The number of benzene rings is 1. The van der Waals surface area contributed by atoms with Crippen LogP contribution in [0.1, 0.15) is 18.9 Å². The molecule has 18 heavy (non-hydrogen) atoms. The number of halogens is 2. The van der Waals surface area contributed by atoms with E-state index in [1.165, 1.54) is 6.07 Å². The molecule has 1 aliphatic rings. The van der Waals surface area contributed by atoms with Gasteiger partial charge in [-0.2, -0.15) is 0 Å². The fraction of sp³-hybridized carbons (Fsp3) is 0.455. The molecular weight excluding hydrogens is 281 g/mol. The summed E-state index contributed by atoms with van der Waals surface area (Å²) in [4.78, 5) is -0.215. The highest BCUT2D eigenvalue weighted by Gasteiger charge is 2.36. The summed E-state index contributed by atoms with van der Waals surface area (Å²) in [5.74, 6) is -0.554.